The molecule has 7 nitrogen and oxygen atoms in total. The van der Waals surface area contributed by atoms with Crippen molar-refractivity contribution in [2.24, 2.45) is 5.73 Å². The van der Waals surface area contributed by atoms with Crippen molar-refractivity contribution in [3.63, 3.8) is 0 Å². The predicted octanol–water partition coefficient (Wildman–Crippen LogP) is 0.248. The maximum absolute atomic E-state index is 11.9. The van der Waals surface area contributed by atoms with Gasteiger partial charge >= 0.3 is 0 Å². The molecule has 0 unspecified atom stereocenters. The van der Waals surface area contributed by atoms with E-state index < -0.39 is 10.0 Å². The molecule has 0 fully saturated rings. The van der Waals surface area contributed by atoms with Gasteiger partial charge < -0.3 is 5.73 Å². The third kappa shape index (κ3) is 3.76. The fraction of sp³-hybridized carbons (Fsp3) is 0.273. The number of aryl methyl sites for hydroxylation is 1. The molecule has 0 bridgehead atoms. The minimum atomic E-state index is -3.45. The van der Waals surface area contributed by atoms with E-state index in [0.29, 0.717) is 17.8 Å². The molecule has 0 aliphatic carbocycles. The number of hydrogen-bond acceptors (Lipinski definition) is 5. The van der Waals surface area contributed by atoms with Crippen LogP contribution < -0.4 is 10.5 Å². The predicted molar refractivity (Wildman–Crippen MR) is 71.8 cm³/mol. The Balaban J connectivity index is 1.99. The van der Waals surface area contributed by atoms with Crippen LogP contribution in [0, 0.1) is 0 Å². The topological polar surface area (TPSA) is 114 Å². The number of hydrogen-bond donors (Lipinski definition) is 3. The highest BCUT2D eigenvalue weighted by Crippen LogP contribution is 2.12. The molecule has 0 saturated heterocycles. The maximum Gasteiger partial charge on any atom is 0.234 e. The average molecular weight is 281 g/mol. The Kier molecular flexibility index (Phi) is 4.13. The normalized spacial score (nSPS) is 11.4. The van der Waals surface area contributed by atoms with Crippen LogP contribution >= 0.6 is 0 Å². The zero-order valence-corrected chi connectivity index (χ0v) is 11.0. The van der Waals surface area contributed by atoms with Crippen LogP contribution in [0.3, 0.4) is 0 Å². The molecule has 102 valence electrons. The highest BCUT2D eigenvalue weighted by atomic mass is 32.2. The van der Waals surface area contributed by atoms with Crippen molar-refractivity contribution >= 4 is 15.8 Å². The molecule has 0 atom stereocenters. The van der Waals surface area contributed by atoms with Crippen molar-refractivity contribution in [3.05, 3.63) is 41.9 Å². The average Bonchev–Trinajstić information content (AvgIpc) is 2.84. The summed E-state index contributed by atoms with van der Waals surface area (Å²) in [6.45, 7) is 0.217. The molecule has 0 saturated carbocycles. The SMILES string of the molecule is NCc1cn[nH]c1NS(=O)(=O)CCc1ccccn1. The van der Waals surface area contributed by atoms with Crippen LogP contribution in [0.4, 0.5) is 5.82 Å². The first-order chi connectivity index (χ1) is 9.11. The van der Waals surface area contributed by atoms with Crippen molar-refractivity contribution in [3.8, 4) is 0 Å². The number of anilines is 1. The van der Waals surface area contributed by atoms with Crippen molar-refractivity contribution in [2.45, 2.75) is 13.0 Å². The number of nitrogens with one attached hydrogen (secondary N) is 2. The summed E-state index contributed by atoms with van der Waals surface area (Å²) in [6, 6.07) is 5.40. The molecule has 2 aromatic rings. The van der Waals surface area contributed by atoms with E-state index in [0.717, 1.165) is 5.69 Å². The molecule has 4 N–H and O–H groups in total. The van der Waals surface area contributed by atoms with E-state index in [9.17, 15) is 8.42 Å². The van der Waals surface area contributed by atoms with E-state index in [4.69, 9.17) is 5.73 Å². The molecular weight excluding hydrogens is 266 g/mol. The zero-order valence-electron chi connectivity index (χ0n) is 10.2. The minimum absolute atomic E-state index is 0.0486. The number of pyridine rings is 1. The fourth-order valence-electron chi connectivity index (χ4n) is 1.55. The van der Waals surface area contributed by atoms with E-state index in [1.54, 1.807) is 18.3 Å². The molecule has 0 aliphatic rings. The van der Waals surface area contributed by atoms with Gasteiger partial charge in [0.05, 0.1) is 11.9 Å². The Hall–Kier alpha value is -1.93. The van der Waals surface area contributed by atoms with Crippen molar-refractivity contribution < 1.29 is 8.42 Å². The van der Waals surface area contributed by atoms with Gasteiger partial charge in [-0.25, -0.2) is 8.42 Å². The van der Waals surface area contributed by atoms with Crippen LogP contribution in [0.25, 0.3) is 0 Å². The summed E-state index contributed by atoms with van der Waals surface area (Å²) in [7, 11) is -3.45. The summed E-state index contributed by atoms with van der Waals surface area (Å²) in [5.74, 6) is 0.274. The molecule has 0 aromatic carbocycles. The lowest BCUT2D eigenvalue weighted by molar-refractivity contribution is 0.600. The third-order valence-corrected chi connectivity index (χ3v) is 3.81. The molecule has 19 heavy (non-hydrogen) atoms. The van der Waals surface area contributed by atoms with E-state index >= 15 is 0 Å². The lowest BCUT2D eigenvalue weighted by Crippen LogP contribution is -2.19. The van der Waals surface area contributed by atoms with E-state index in [2.05, 4.69) is 19.9 Å². The first-order valence-corrected chi connectivity index (χ1v) is 7.38. The van der Waals surface area contributed by atoms with E-state index in [-0.39, 0.29) is 12.3 Å². The molecule has 2 aromatic heterocycles. The van der Waals surface area contributed by atoms with E-state index in [1.807, 2.05) is 6.07 Å². The van der Waals surface area contributed by atoms with Gasteiger partial charge in [-0.1, -0.05) is 6.07 Å². The monoisotopic (exact) mass is 281 g/mol. The van der Waals surface area contributed by atoms with Crippen LogP contribution in [0.2, 0.25) is 0 Å². The standard InChI is InChI=1S/C11H15N5O2S/c12-7-9-8-14-15-11(9)16-19(17,18)6-4-10-3-1-2-5-13-10/h1-3,5,8H,4,6-7,12H2,(H2,14,15,16). The molecule has 2 rings (SSSR count). The zero-order chi connectivity index (χ0) is 13.7. The van der Waals surface area contributed by atoms with Gasteiger partial charge in [-0.3, -0.25) is 14.8 Å². The molecular formula is C11H15N5O2S. The lowest BCUT2D eigenvalue weighted by Gasteiger charge is -2.07. The quantitative estimate of drug-likeness (QED) is 0.702. The third-order valence-electron chi connectivity index (χ3n) is 2.55. The number of sulfonamides is 1. The van der Waals surface area contributed by atoms with Crippen LogP contribution in [-0.2, 0) is 23.0 Å². The van der Waals surface area contributed by atoms with Crippen LogP contribution in [0.1, 0.15) is 11.3 Å². The second kappa shape index (κ2) is 5.81. The maximum atomic E-state index is 11.9. The van der Waals surface area contributed by atoms with Gasteiger partial charge in [0, 0.05) is 30.4 Å². The Morgan fingerprint density at radius 3 is 2.89 bits per heavy atom. The van der Waals surface area contributed by atoms with Gasteiger partial charge in [0.25, 0.3) is 0 Å². The molecule has 0 radical (unpaired) electrons. The largest absolute Gasteiger partial charge is 0.326 e. The number of nitrogens with zero attached hydrogens (tertiary/aromatic N) is 2. The Morgan fingerprint density at radius 2 is 2.21 bits per heavy atom. The smallest absolute Gasteiger partial charge is 0.234 e. The molecule has 0 aliphatic heterocycles. The summed E-state index contributed by atoms with van der Waals surface area (Å²) in [6.07, 6.45) is 3.48. The first-order valence-electron chi connectivity index (χ1n) is 5.73. The lowest BCUT2D eigenvalue weighted by atomic mass is 10.3. The summed E-state index contributed by atoms with van der Waals surface area (Å²) in [4.78, 5) is 4.08. The Bertz CT molecular complexity index is 624. The second-order valence-corrected chi connectivity index (χ2v) is 5.81. The van der Waals surface area contributed by atoms with Crippen molar-refractivity contribution in [1.29, 1.82) is 0 Å². The fourth-order valence-corrected chi connectivity index (χ4v) is 2.61. The summed E-state index contributed by atoms with van der Waals surface area (Å²) in [5, 5.41) is 6.33. The Labute approximate surface area is 111 Å². The van der Waals surface area contributed by atoms with Gasteiger partial charge in [0.1, 0.15) is 5.82 Å². The van der Waals surface area contributed by atoms with Crippen molar-refractivity contribution in [2.75, 3.05) is 10.5 Å². The number of nitrogens with two attached hydrogens (primary N) is 1. The molecule has 0 amide bonds. The van der Waals surface area contributed by atoms with Crippen LogP contribution in [-0.4, -0.2) is 29.4 Å². The van der Waals surface area contributed by atoms with E-state index in [1.165, 1.54) is 6.20 Å². The Morgan fingerprint density at radius 1 is 1.37 bits per heavy atom. The number of aromatic amines is 1. The van der Waals surface area contributed by atoms with Gasteiger partial charge in [-0.05, 0) is 12.1 Å². The van der Waals surface area contributed by atoms with Gasteiger partial charge in [-0.2, -0.15) is 5.10 Å². The summed E-state index contributed by atoms with van der Waals surface area (Å²) < 4.78 is 26.3. The molecule has 2 heterocycles. The van der Waals surface area contributed by atoms with Gasteiger partial charge in [0.15, 0.2) is 0 Å². The van der Waals surface area contributed by atoms with Crippen LogP contribution in [0.5, 0.6) is 0 Å². The molecule has 0 spiro atoms. The molecule has 8 heteroatoms. The van der Waals surface area contributed by atoms with Gasteiger partial charge in [0.2, 0.25) is 10.0 Å². The van der Waals surface area contributed by atoms with Crippen molar-refractivity contribution in [1.82, 2.24) is 15.2 Å². The minimum Gasteiger partial charge on any atom is -0.326 e. The van der Waals surface area contributed by atoms with Gasteiger partial charge in [-0.15, -0.1) is 0 Å². The first kappa shape index (κ1) is 13.5. The highest BCUT2D eigenvalue weighted by molar-refractivity contribution is 7.92. The van der Waals surface area contributed by atoms with Crippen LogP contribution in [0.15, 0.2) is 30.6 Å². The summed E-state index contributed by atoms with van der Waals surface area (Å²) in [5.41, 5.74) is 6.83. The summed E-state index contributed by atoms with van der Waals surface area (Å²) >= 11 is 0. The number of rotatable bonds is 6. The second-order valence-electron chi connectivity index (χ2n) is 3.97. The highest BCUT2D eigenvalue weighted by Gasteiger charge is 2.14. The number of aromatic nitrogens is 3. The number of H-pyrrole nitrogens is 1.